The Morgan fingerprint density at radius 3 is 2.67 bits per heavy atom. The van der Waals surface area contributed by atoms with E-state index in [9.17, 15) is 23.2 Å². The Balaban J connectivity index is 2.08. The van der Waals surface area contributed by atoms with Crippen LogP contribution in [0, 0.1) is 5.21 Å². The summed E-state index contributed by atoms with van der Waals surface area (Å²) in [6, 6.07) is 7.99. The van der Waals surface area contributed by atoms with Crippen LogP contribution in [-0.2, 0) is 6.18 Å². The standard InChI is InChI=1S/C15H8ClF3N2O3/c16-10-4-1-3-9(7-10)14(22)24-21-8-12(15(17,18)19)11-5-2-6-20(23)13(11)21/h1-8H. The third-order valence-corrected chi connectivity index (χ3v) is 3.46. The molecule has 24 heavy (non-hydrogen) atoms. The van der Waals surface area contributed by atoms with Gasteiger partial charge in [0.05, 0.1) is 17.1 Å². The molecular formula is C15H8ClF3N2O3. The predicted octanol–water partition coefficient (Wildman–Crippen LogP) is 3.22. The maximum Gasteiger partial charge on any atom is 0.420 e. The Hall–Kier alpha value is -2.74. The van der Waals surface area contributed by atoms with Crippen LogP contribution in [-0.4, -0.2) is 10.7 Å². The Kier molecular flexibility index (Phi) is 3.84. The van der Waals surface area contributed by atoms with Crippen LogP contribution in [0.2, 0.25) is 5.02 Å². The van der Waals surface area contributed by atoms with Crippen LogP contribution >= 0.6 is 11.6 Å². The fourth-order valence-corrected chi connectivity index (χ4v) is 2.40. The summed E-state index contributed by atoms with van der Waals surface area (Å²) >= 11 is 5.76. The van der Waals surface area contributed by atoms with Crippen molar-refractivity contribution >= 4 is 28.6 Å². The minimum absolute atomic E-state index is 0.0336. The van der Waals surface area contributed by atoms with Gasteiger partial charge in [0.15, 0.2) is 6.20 Å². The highest BCUT2D eigenvalue weighted by atomic mass is 35.5. The first-order chi connectivity index (χ1) is 11.3. The first-order valence-corrected chi connectivity index (χ1v) is 6.94. The van der Waals surface area contributed by atoms with Gasteiger partial charge in [0, 0.05) is 5.02 Å². The first kappa shape index (κ1) is 16.1. The highest BCUT2D eigenvalue weighted by Gasteiger charge is 2.38. The van der Waals surface area contributed by atoms with Crippen molar-refractivity contribution in [2.45, 2.75) is 6.18 Å². The van der Waals surface area contributed by atoms with Crippen LogP contribution in [0.15, 0.2) is 48.8 Å². The molecule has 0 aliphatic rings. The number of nitrogens with zero attached hydrogens (tertiary/aromatic N) is 2. The largest absolute Gasteiger partial charge is 0.710 e. The van der Waals surface area contributed by atoms with E-state index in [-0.39, 0.29) is 20.7 Å². The van der Waals surface area contributed by atoms with Crippen molar-refractivity contribution in [3.63, 3.8) is 0 Å². The maximum atomic E-state index is 13.1. The number of pyridine rings is 1. The molecule has 0 bridgehead atoms. The number of aromatic nitrogens is 2. The molecular weight excluding hydrogens is 349 g/mol. The summed E-state index contributed by atoms with van der Waals surface area (Å²) in [5, 5.41) is 11.7. The van der Waals surface area contributed by atoms with Crippen LogP contribution in [0.5, 0.6) is 0 Å². The van der Waals surface area contributed by atoms with Crippen molar-refractivity contribution in [3.05, 3.63) is 70.1 Å². The SMILES string of the molecule is O=C(On1cc(C(F)(F)F)c2ccc[n+]([O-])c21)c1cccc(Cl)c1. The Morgan fingerprint density at radius 2 is 2.00 bits per heavy atom. The Bertz CT molecular complexity index is 937. The van der Waals surface area contributed by atoms with Crippen LogP contribution in [0.3, 0.4) is 0 Å². The van der Waals surface area contributed by atoms with Gasteiger partial charge in [-0.3, -0.25) is 4.84 Å². The average Bonchev–Trinajstić information content (AvgIpc) is 2.87. The van der Waals surface area contributed by atoms with Crippen molar-refractivity contribution in [2.75, 3.05) is 0 Å². The van der Waals surface area contributed by atoms with Gasteiger partial charge >= 0.3 is 17.8 Å². The molecule has 124 valence electrons. The van der Waals surface area contributed by atoms with E-state index in [1.165, 1.54) is 30.3 Å². The molecule has 9 heteroatoms. The van der Waals surface area contributed by atoms with E-state index in [1.54, 1.807) is 0 Å². The minimum Gasteiger partial charge on any atom is -0.710 e. The molecule has 0 atom stereocenters. The quantitative estimate of drug-likeness (QED) is 0.523. The molecule has 0 N–H and O–H groups in total. The summed E-state index contributed by atoms with van der Waals surface area (Å²) < 4.78 is 40.0. The minimum atomic E-state index is -4.71. The normalized spacial score (nSPS) is 11.7. The van der Waals surface area contributed by atoms with Gasteiger partial charge < -0.3 is 5.21 Å². The van der Waals surface area contributed by atoms with E-state index in [4.69, 9.17) is 16.4 Å². The molecule has 0 unspecified atom stereocenters. The molecule has 3 aromatic rings. The van der Waals surface area contributed by atoms with E-state index in [0.717, 1.165) is 12.3 Å². The number of rotatable bonds is 2. The van der Waals surface area contributed by atoms with Crippen molar-refractivity contribution in [3.8, 4) is 0 Å². The van der Waals surface area contributed by atoms with Crippen molar-refractivity contribution in [1.82, 2.24) is 4.73 Å². The topological polar surface area (TPSA) is 58.2 Å². The zero-order valence-corrected chi connectivity index (χ0v) is 12.5. The molecule has 0 fully saturated rings. The van der Waals surface area contributed by atoms with E-state index in [1.807, 2.05) is 0 Å². The second kappa shape index (κ2) is 5.72. The molecule has 0 aliphatic carbocycles. The lowest BCUT2D eigenvalue weighted by Gasteiger charge is -2.05. The number of alkyl halides is 3. The molecule has 0 amide bonds. The molecule has 0 radical (unpaired) electrons. The van der Waals surface area contributed by atoms with Crippen LogP contribution in [0.1, 0.15) is 15.9 Å². The fraction of sp³-hybridized carbons (Fsp3) is 0.0667. The molecule has 0 spiro atoms. The smallest absolute Gasteiger partial charge is 0.420 e. The monoisotopic (exact) mass is 356 g/mol. The van der Waals surface area contributed by atoms with E-state index < -0.39 is 23.4 Å². The molecule has 2 aromatic heterocycles. The van der Waals surface area contributed by atoms with E-state index in [2.05, 4.69) is 0 Å². The van der Waals surface area contributed by atoms with Crippen molar-refractivity contribution in [1.29, 1.82) is 0 Å². The zero-order valence-electron chi connectivity index (χ0n) is 11.7. The highest BCUT2D eigenvalue weighted by Crippen LogP contribution is 2.34. The van der Waals surface area contributed by atoms with Gasteiger partial charge in [-0.05, 0) is 35.1 Å². The molecule has 2 heterocycles. The lowest BCUT2D eigenvalue weighted by molar-refractivity contribution is -0.581. The second-order valence-electron chi connectivity index (χ2n) is 4.83. The number of halogens is 4. The van der Waals surface area contributed by atoms with Gasteiger partial charge in [0.25, 0.3) is 0 Å². The number of carbonyl (C=O) groups is 1. The number of carbonyl (C=O) groups excluding carboxylic acids is 1. The lowest BCUT2D eigenvalue weighted by Crippen LogP contribution is -2.31. The summed E-state index contributed by atoms with van der Waals surface area (Å²) in [6.45, 7) is 0. The number of hydrogen-bond donors (Lipinski definition) is 0. The summed E-state index contributed by atoms with van der Waals surface area (Å²) in [4.78, 5) is 17.0. The van der Waals surface area contributed by atoms with Gasteiger partial charge in [0.2, 0.25) is 0 Å². The van der Waals surface area contributed by atoms with E-state index >= 15 is 0 Å². The molecule has 1 aromatic carbocycles. The number of benzene rings is 1. The predicted molar refractivity (Wildman–Crippen MR) is 78.3 cm³/mol. The van der Waals surface area contributed by atoms with E-state index in [0.29, 0.717) is 10.9 Å². The summed E-state index contributed by atoms with van der Waals surface area (Å²) in [5.41, 5.74) is -1.49. The molecule has 0 saturated heterocycles. The third-order valence-electron chi connectivity index (χ3n) is 3.23. The van der Waals surface area contributed by atoms with Crippen LogP contribution in [0.25, 0.3) is 11.0 Å². The average molecular weight is 357 g/mol. The summed E-state index contributed by atoms with van der Waals surface area (Å²) in [5.74, 6) is -0.952. The molecule has 3 rings (SSSR count). The maximum absolute atomic E-state index is 13.1. The Labute approximate surface area is 138 Å². The van der Waals surface area contributed by atoms with Crippen LogP contribution < -0.4 is 9.57 Å². The second-order valence-corrected chi connectivity index (χ2v) is 5.26. The summed E-state index contributed by atoms with van der Waals surface area (Å²) in [7, 11) is 0. The number of fused-ring (bicyclic) bond motifs is 1. The fourth-order valence-electron chi connectivity index (χ4n) is 2.21. The zero-order chi connectivity index (χ0) is 17.5. The van der Waals surface area contributed by atoms with Crippen LogP contribution in [0.4, 0.5) is 13.2 Å². The Morgan fingerprint density at radius 1 is 1.25 bits per heavy atom. The third kappa shape index (κ3) is 2.88. The van der Waals surface area contributed by atoms with Gasteiger partial charge in [-0.1, -0.05) is 17.7 Å². The van der Waals surface area contributed by atoms with Crippen molar-refractivity contribution < 1.29 is 27.5 Å². The van der Waals surface area contributed by atoms with Crippen molar-refractivity contribution in [2.24, 2.45) is 0 Å². The lowest BCUT2D eigenvalue weighted by atomic mass is 10.2. The molecule has 0 saturated carbocycles. The summed E-state index contributed by atoms with van der Waals surface area (Å²) in [6.07, 6.45) is -3.14. The van der Waals surface area contributed by atoms with Gasteiger partial charge in [-0.25, -0.2) is 9.52 Å². The van der Waals surface area contributed by atoms with Gasteiger partial charge in [-0.15, -0.1) is 0 Å². The first-order valence-electron chi connectivity index (χ1n) is 6.56. The molecule has 5 nitrogen and oxygen atoms in total. The van der Waals surface area contributed by atoms with Gasteiger partial charge in [0.1, 0.15) is 5.56 Å². The van der Waals surface area contributed by atoms with Gasteiger partial charge in [-0.2, -0.15) is 13.2 Å². The number of hydrogen-bond acceptors (Lipinski definition) is 3. The molecule has 0 aliphatic heterocycles. The highest BCUT2D eigenvalue weighted by molar-refractivity contribution is 6.30.